The van der Waals surface area contributed by atoms with Crippen LogP contribution in [0.5, 0.6) is 0 Å². The van der Waals surface area contributed by atoms with Crippen LogP contribution in [0.1, 0.15) is 10.5 Å². The summed E-state index contributed by atoms with van der Waals surface area (Å²) >= 11 is 5.76. The van der Waals surface area contributed by atoms with Gasteiger partial charge in [-0.05, 0) is 18.2 Å². The number of aromatic nitrogens is 3. The summed E-state index contributed by atoms with van der Waals surface area (Å²) in [4.78, 5) is 16.0. The lowest BCUT2D eigenvalue weighted by atomic mass is 10.2. The zero-order valence-corrected chi connectivity index (χ0v) is 10.5. The molecule has 0 unspecified atom stereocenters. The van der Waals surface area contributed by atoms with Crippen molar-refractivity contribution in [2.75, 3.05) is 5.32 Å². The average molecular weight is 273 g/mol. The van der Waals surface area contributed by atoms with Crippen molar-refractivity contribution in [3.8, 4) is 0 Å². The van der Waals surface area contributed by atoms with Gasteiger partial charge in [0, 0.05) is 5.39 Å². The molecule has 0 aliphatic carbocycles. The van der Waals surface area contributed by atoms with Crippen molar-refractivity contribution in [1.82, 2.24) is 15.2 Å². The molecule has 0 aliphatic rings. The number of pyridine rings is 1. The molecule has 2 heterocycles. The van der Waals surface area contributed by atoms with E-state index in [9.17, 15) is 4.79 Å². The molecule has 1 aromatic carbocycles. The number of carbonyl (C=O) groups is 1. The van der Waals surface area contributed by atoms with Crippen molar-refractivity contribution in [1.29, 1.82) is 0 Å². The minimum Gasteiger partial charge on any atom is -0.319 e. The van der Waals surface area contributed by atoms with Gasteiger partial charge < -0.3 is 5.32 Å². The predicted octanol–water partition coefficient (Wildman–Crippen LogP) is 2.86. The minimum atomic E-state index is -0.315. The summed E-state index contributed by atoms with van der Waals surface area (Å²) in [5, 5.41) is 10.8. The van der Waals surface area contributed by atoms with Gasteiger partial charge in [0.1, 0.15) is 10.8 Å². The van der Waals surface area contributed by atoms with E-state index in [0.717, 1.165) is 10.9 Å². The maximum atomic E-state index is 12.1. The molecule has 0 bridgehead atoms. The largest absolute Gasteiger partial charge is 0.319 e. The van der Waals surface area contributed by atoms with E-state index in [1.54, 1.807) is 30.5 Å². The van der Waals surface area contributed by atoms with Crippen LogP contribution < -0.4 is 5.32 Å². The third kappa shape index (κ3) is 2.28. The Kier molecular flexibility index (Phi) is 2.89. The Morgan fingerprint density at radius 2 is 2.05 bits per heavy atom. The molecule has 0 saturated carbocycles. The first-order chi connectivity index (χ1) is 9.24. The van der Waals surface area contributed by atoms with Gasteiger partial charge in [0.2, 0.25) is 0 Å². The van der Waals surface area contributed by atoms with Crippen LogP contribution in [0, 0.1) is 0 Å². The number of fused-ring (bicyclic) bond motifs is 1. The Balaban J connectivity index is 1.93. The Labute approximate surface area is 113 Å². The van der Waals surface area contributed by atoms with E-state index in [1.807, 2.05) is 12.1 Å². The summed E-state index contributed by atoms with van der Waals surface area (Å²) in [7, 11) is 0. The summed E-state index contributed by atoms with van der Waals surface area (Å²) in [6, 6.07) is 10.5. The lowest BCUT2D eigenvalue weighted by Gasteiger charge is -2.05. The smallest absolute Gasteiger partial charge is 0.274 e. The molecule has 0 aliphatic heterocycles. The SMILES string of the molecule is O=C(Nc1cccc2cn[nH]c12)c1cccc(Cl)n1. The second kappa shape index (κ2) is 4.70. The molecule has 19 heavy (non-hydrogen) atoms. The summed E-state index contributed by atoms with van der Waals surface area (Å²) in [5.41, 5.74) is 1.70. The van der Waals surface area contributed by atoms with Crippen LogP contribution in [0.4, 0.5) is 5.69 Å². The Bertz CT molecular complexity index is 753. The molecular formula is C13H9ClN4O. The highest BCUT2D eigenvalue weighted by molar-refractivity contribution is 6.29. The van der Waals surface area contributed by atoms with E-state index in [4.69, 9.17) is 11.6 Å². The quantitative estimate of drug-likeness (QED) is 0.705. The van der Waals surface area contributed by atoms with Gasteiger partial charge in [0.15, 0.2) is 0 Å². The lowest BCUT2D eigenvalue weighted by Crippen LogP contribution is -2.13. The fraction of sp³-hybridized carbons (Fsp3) is 0. The first-order valence-electron chi connectivity index (χ1n) is 5.60. The van der Waals surface area contributed by atoms with Gasteiger partial charge in [-0.1, -0.05) is 29.8 Å². The van der Waals surface area contributed by atoms with Crippen LogP contribution in [0.2, 0.25) is 5.15 Å². The van der Waals surface area contributed by atoms with Crippen molar-refractivity contribution in [3.63, 3.8) is 0 Å². The average Bonchev–Trinajstić information content (AvgIpc) is 2.88. The zero-order chi connectivity index (χ0) is 13.2. The van der Waals surface area contributed by atoms with Crippen molar-refractivity contribution >= 4 is 34.1 Å². The molecule has 2 aromatic heterocycles. The second-order valence-electron chi connectivity index (χ2n) is 3.94. The van der Waals surface area contributed by atoms with Gasteiger partial charge in [-0.25, -0.2) is 4.98 Å². The van der Waals surface area contributed by atoms with Crippen LogP contribution in [0.25, 0.3) is 10.9 Å². The van der Waals surface area contributed by atoms with Crippen LogP contribution >= 0.6 is 11.6 Å². The Morgan fingerprint density at radius 1 is 1.21 bits per heavy atom. The maximum Gasteiger partial charge on any atom is 0.274 e. The number of carbonyl (C=O) groups excluding carboxylic acids is 1. The van der Waals surface area contributed by atoms with Crippen LogP contribution in [-0.2, 0) is 0 Å². The standard InChI is InChI=1S/C13H9ClN4O/c14-11-6-2-5-10(16-11)13(19)17-9-4-1-3-8-7-15-18-12(8)9/h1-7H,(H,15,18)(H,17,19). The highest BCUT2D eigenvalue weighted by Crippen LogP contribution is 2.21. The summed E-state index contributed by atoms with van der Waals surface area (Å²) in [5.74, 6) is -0.315. The maximum absolute atomic E-state index is 12.1. The fourth-order valence-electron chi connectivity index (χ4n) is 1.79. The fourth-order valence-corrected chi connectivity index (χ4v) is 1.96. The normalized spacial score (nSPS) is 10.6. The molecule has 0 atom stereocenters. The Morgan fingerprint density at radius 3 is 2.89 bits per heavy atom. The van der Waals surface area contributed by atoms with E-state index >= 15 is 0 Å². The van der Waals surface area contributed by atoms with Crippen LogP contribution in [-0.4, -0.2) is 21.1 Å². The summed E-state index contributed by atoms with van der Waals surface area (Å²) in [6.45, 7) is 0. The monoisotopic (exact) mass is 272 g/mol. The van der Waals surface area contributed by atoms with E-state index in [-0.39, 0.29) is 16.8 Å². The number of hydrogen-bond acceptors (Lipinski definition) is 3. The third-order valence-corrected chi connectivity index (χ3v) is 2.88. The molecule has 0 radical (unpaired) electrons. The van der Waals surface area contributed by atoms with Gasteiger partial charge in [-0.3, -0.25) is 9.89 Å². The number of rotatable bonds is 2. The van der Waals surface area contributed by atoms with E-state index < -0.39 is 0 Å². The first-order valence-corrected chi connectivity index (χ1v) is 5.98. The molecule has 0 saturated heterocycles. The molecule has 3 rings (SSSR count). The minimum absolute atomic E-state index is 0.268. The van der Waals surface area contributed by atoms with Crippen LogP contribution in [0.15, 0.2) is 42.6 Å². The second-order valence-corrected chi connectivity index (χ2v) is 4.33. The number of aromatic amines is 1. The molecular weight excluding hydrogens is 264 g/mol. The van der Waals surface area contributed by atoms with E-state index in [1.165, 1.54) is 0 Å². The molecule has 2 N–H and O–H groups in total. The molecule has 6 heteroatoms. The van der Waals surface area contributed by atoms with Gasteiger partial charge in [-0.2, -0.15) is 5.10 Å². The van der Waals surface area contributed by atoms with Gasteiger partial charge in [0.25, 0.3) is 5.91 Å². The highest BCUT2D eigenvalue weighted by Gasteiger charge is 2.10. The molecule has 1 amide bonds. The first kappa shape index (κ1) is 11.7. The number of anilines is 1. The highest BCUT2D eigenvalue weighted by atomic mass is 35.5. The van der Waals surface area contributed by atoms with Crippen molar-refractivity contribution < 1.29 is 4.79 Å². The lowest BCUT2D eigenvalue weighted by molar-refractivity contribution is 0.102. The number of para-hydroxylation sites is 1. The number of benzene rings is 1. The number of hydrogen-bond donors (Lipinski definition) is 2. The predicted molar refractivity (Wildman–Crippen MR) is 73.3 cm³/mol. The number of H-pyrrole nitrogens is 1. The number of nitrogens with zero attached hydrogens (tertiary/aromatic N) is 2. The third-order valence-electron chi connectivity index (χ3n) is 2.67. The molecule has 5 nitrogen and oxygen atoms in total. The van der Waals surface area contributed by atoms with Gasteiger partial charge >= 0.3 is 0 Å². The van der Waals surface area contributed by atoms with Crippen LogP contribution in [0.3, 0.4) is 0 Å². The van der Waals surface area contributed by atoms with E-state index in [0.29, 0.717) is 5.69 Å². The van der Waals surface area contributed by atoms with Crippen molar-refractivity contribution in [3.05, 3.63) is 53.4 Å². The summed E-state index contributed by atoms with van der Waals surface area (Å²) in [6.07, 6.45) is 1.70. The number of nitrogens with one attached hydrogen (secondary N) is 2. The summed E-state index contributed by atoms with van der Waals surface area (Å²) < 4.78 is 0. The zero-order valence-electron chi connectivity index (χ0n) is 9.72. The molecule has 0 spiro atoms. The Hall–Kier alpha value is -2.40. The van der Waals surface area contributed by atoms with Crippen molar-refractivity contribution in [2.24, 2.45) is 0 Å². The number of amides is 1. The number of halogens is 1. The topological polar surface area (TPSA) is 70.7 Å². The molecule has 0 fully saturated rings. The molecule has 3 aromatic rings. The van der Waals surface area contributed by atoms with Crippen molar-refractivity contribution in [2.45, 2.75) is 0 Å². The molecule has 94 valence electrons. The van der Waals surface area contributed by atoms with Gasteiger partial charge in [-0.15, -0.1) is 0 Å². The van der Waals surface area contributed by atoms with Gasteiger partial charge in [0.05, 0.1) is 17.4 Å². The van der Waals surface area contributed by atoms with E-state index in [2.05, 4.69) is 20.5 Å².